The third kappa shape index (κ3) is 7.12. The lowest BCUT2D eigenvalue weighted by Crippen LogP contribution is -2.43. The lowest BCUT2D eigenvalue weighted by atomic mass is 9.84. The van der Waals surface area contributed by atoms with E-state index in [1.165, 1.54) is 5.57 Å². The highest BCUT2D eigenvalue weighted by Gasteiger charge is 2.41. The van der Waals surface area contributed by atoms with Crippen LogP contribution in [0.5, 0.6) is 28.7 Å². The summed E-state index contributed by atoms with van der Waals surface area (Å²) in [6, 6.07) is 21.0. The van der Waals surface area contributed by atoms with Crippen molar-refractivity contribution in [1.82, 2.24) is 0 Å². The fourth-order valence-electron chi connectivity index (χ4n) is 5.20. The molecule has 0 bridgehead atoms. The summed E-state index contributed by atoms with van der Waals surface area (Å²) >= 11 is 2.34. The molecule has 45 heavy (non-hydrogen) atoms. The van der Waals surface area contributed by atoms with Crippen LogP contribution in [-0.4, -0.2) is 34.3 Å². The zero-order valence-corrected chi connectivity index (χ0v) is 32.8. The van der Waals surface area contributed by atoms with Gasteiger partial charge >= 0.3 is 0 Å². The molecule has 2 aliphatic rings. The molecule has 0 spiro atoms. The zero-order chi connectivity index (χ0) is 32.8. The molecule has 2 heterocycles. The minimum atomic E-state index is -2.03. The Balaban J connectivity index is 1.63. The first-order valence-corrected chi connectivity index (χ1v) is 23.3. The van der Waals surface area contributed by atoms with E-state index in [4.69, 9.17) is 23.1 Å². The molecule has 1 atom stereocenters. The highest BCUT2D eigenvalue weighted by atomic mass is 127. The quantitative estimate of drug-likeness (QED) is 0.130. The number of halogens is 1. The summed E-state index contributed by atoms with van der Waals surface area (Å²) in [7, 11) is -4.05. The molecule has 0 radical (unpaired) electrons. The van der Waals surface area contributed by atoms with Crippen LogP contribution in [-0.2, 0) is 0 Å². The summed E-state index contributed by atoms with van der Waals surface area (Å²) in [5, 5.41) is 0.190. The van der Waals surface area contributed by atoms with Crippen molar-refractivity contribution in [1.29, 1.82) is 0 Å². The van der Waals surface area contributed by atoms with Crippen molar-refractivity contribution in [2.75, 3.05) is 17.6 Å². The van der Waals surface area contributed by atoms with Crippen LogP contribution >= 0.6 is 22.6 Å². The Morgan fingerprint density at radius 3 is 1.96 bits per heavy atom. The molecule has 0 N–H and O–H groups in total. The van der Waals surface area contributed by atoms with Gasteiger partial charge in [0.1, 0.15) is 28.7 Å². The summed E-state index contributed by atoms with van der Waals surface area (Å²) in [5.41, 5.74) is 5.57. The van der Waals surface area contributed by atoms with Gasteiger partial charge in [0, 0.05) is 45.2 Å². The molecule has 2 aliphatic heterocycles. The highest BCUT2D eigenvalue weighted by Crippen LogP contribution is 2.53. The van der Waals surface area contributed by atoms with E-state index in [9.17, 15) is 0 Å². The van der Waals surface area contributed by atoms with E-state index in [0.29, 0.717) is 13.2 Å². The van der Waals surface area contributed by atoms with Crippen LogP contribution < -0.4 is 23.1 Å². The Kier molecular flexibility index (Phi) is 9.52. The molecular formula is C37H49IO5Si2. The van der Waals surface area contributed by atoms with E-state index < -0.39 is 16.6 Å². The number of ether oxygens (including phenoxy) is 3. The van der Waals surface area contributed by atoms with Gasteiger partial charge in [0.25, 0.3) is 0 Å². The fraction of sp³-hybridized carbons (Fsp3) is 0.459. The minimum Gasteiger partial charge on any atom is -0.543 e. The number of benzene rings is 3. The number of rotatable bonds is 8. The van der Waals surface area contributed by atoms with Crippen molar-refractivity contribution in [3.8, 4) is 28.7 Å². The van der Waals surface area contributed by atoms with Gasteiger partial charge in [-0.05, 0) is 78.2 Å². The summed E-state index contributed by atoms with van der Waals surface area (Å²) < 4.78 is 33.9. The average molecular weight is 757 g/mol. The largest absolute Gasteiger partial charge is 0.543 e. The molecule has 0 unspecified atom stereocenters. The molecule has 0 amide bonds. The van der Waals surface area contributed by atoms with Gasteiger partial charge in [-0.2, -0.15) is 0 Å². The predicted octanol–water partition coefficient (Wildman–Crippen LogP) is 11.1. The van der Waals surface area contributed by atoms with Crippen LogP contribution in [0.3, 0.4) is 0 Å². The van der Waals surface area contributed by atoms with Crippen LogP contribution in [0, 0.1) is 0 Å². The number of hydrogen-bond donors (Lipinski definition) is 0. The van der Waals surface area contributed by atoms with E-state index >= 15 is 0 Å². The first-order chi connectivity index (χ1) is 21.0. The number of alkyl halides is 1. The van der Waals surface area contributed by atoms with Crippen molar-refractivity contribution in [2.24, 2.45) is 0 Å². The first kappa shape index (κ1) is 33.9. The summed E-state index contributed by atoms with van der Waals surface area (Å²) in [6.45, 7) is 23.9. The topological polar surface area (TPSA) is 46.2 Å². The van der Waals surface area contributed by atoms with Gasteiger partial charge in [-0.15, -0.1) is 0 Å². The van der Waals surface area contributed by atoms with Crippen LogP contribution in [0.4, 0.5) is 0 Å². The van der Waals surface area contributed by atoms with Crippen molar-refractivity contribution in [3.63, 3.8) is 0 Å². The third-order valence-corrected chi connectivity index (χ3v) is 19.0. The molecule has 8 heteroatoms. The first-order valence-electron chi connectivity index (χ1n) is 16.0. The molecule has 0 aromatic heterocycles. The van der Waals surface area contributed by atoms with Crippen LogP contribution in [0.15, 0.2) is 60.7 Å². The Labute approximate surface area is 286 Å². The second kappa shape index (κ2) is 12.6. The fourth-order valence-corrected chi connectivity index (χ4v) is 7.47. The molecule has 0 saturated carbocycles. The van der Waals surface area contributed by atoms with Crippen LogP contribution in [0.25, 0.3) is 11.1 Å². The maximum atomic E-state index is 7.00. The third-order valence-electron chi connectivity index (χ3n) is 9.83. The zero-order valence-electron chi connectivity index (χ0n) is 28.6. The second-order valence-corrected chi connectivity index (χ2v) is 25.7. The highest BCUT2D eigenvalue weighted by molar-refractivity contribution is 14.1. The molecule has 5 nitrogen and oxygen atoms in total. The van der Waals surface area contributed by atoms with Crippen LogP contribution in [0.2, 0.25) is 36.3 Å². The smallest absolute Gasteiger partial charge is 0.250 e. The Morgan fingerprint density at radius 2 is 1.36 bits per heavy atom. The maximum absolute atomic E-state index is 7.00. The minimum absolute atomic E-state index is 0.0931. The second-order valence-electron chi connectivity index (χ2n) is 15.1. The van der Waals surface area contributed by atoms with Gasteiger partial charge in [-0.25, -0.2) is 0 Å². The van der Waals surface area contributed by atoms with Gasteiger partial charge in [-0.3, -0.25) is 0 Å². The normalized spacial score (nSPS) is 16.8. The molecule has 242 valence electrons. The summed E-state index contributed by atoms with van der Waals surface area (Å²) in [6.07, 6.45) is 0.425. The molecule has 0 fully saturated rings. The Morgan fingerprint density at radius 1 is 0.756 bits per heavy atom. The average Bonchev–Trinajstić information content (AvgIpc) is 3.13. The van der Waals surface area contributed by atoms with E-state index in [1.54, 1.807) is 0 Å². The predicted molar refractivity (Wildman–Crippen MR) is 200 cm³/mol. The Hall–Kier alpha value is -2.44. The monoisotopic (exact) mass is 756 g/mol. The van der Waals surface area contributed by atoms with Gasteiger partial charge in [0.05, 0.1) is 13.2 Å². The molecule has 3 aromatic carbocycles. The van der Waals surface area contributed by atoms with Crippen molar-refractivity contribution in [3.05, 3.63) is 77.4 Å². The van der Waals surface area contributed by atoms with E-state index in [1.807, 2.05) is 6.07 Å². The van der Waals surface area contributed by atoms with Crippen LogP contribution in [0.1, 0.15) is 70.8 Å². The van der Waals surface area contributed by atoms with Gasteiger partial charge in [-0.1, -0.05) is 76.3 Å². The van der Waals surface area contributed by atoms with E-state index in [0.717, 1.165) is 61.9 Å². The number of hydrogen-bond acceptors (Lipinski definition) is 5. The molecule has 5 rings (SSSR count). The van der Waals surface area contributed by atoms with Gasteiger partial charge in [0.15, 0.2) is 6.10 Å². The summed E-state index contributed by atoms with van der Waals surface area (Å²) in [4.78, 5) is 0. The van der Waals surface area contributed by atoms with Crippen molar-refractivity contribution < 1.29 is 23.1 Å². The van der Waals surface area contributed by atoms with Crippen molar-refractivity contribution >= 4 is 50.4 Å². The lowest BCUT2D eigenvalue weighted by Gasteiger charge is -2.37. The van der Waals surface area contributed by atoms with E-state index in [-0.39, 0.29) is 16.2 Å². The molecule has 0 aliphatic carbocycles. The van der Waals surface area contributed by atoms with E-state index in [2.05, 4.69) is 145 Å². The van der Waals surface area contributed by atoms with Gasteiger partial charge in [0.2, 0.25) is 16.6 Å². The molecule has 0 saturated heterocycles. The number of fused-ring (bicyclic) bond motifs is 4. The lowest BCUT2D eigenvalue weighted by molar-refractivity contribution is 0.258. The van der Waals surface area contributed by atoms with Gasteiger partial charge < -0.3 is 23.1 Å². The molecular weight excluding hydrogens is 707 g/mol. The SMILES string of the molecule is CC(C)(C)[Si](C)(C)Oc1ccc2c(c1)O[C@@H](c1cccc(OCCI)c1)C1=C2CCOc2cc(O[Si](C)(C)C(C)(C)C)ccc21. The standard InChI is InChI=1S/C37H49IO5Si2/c1-36(2,3)44(7,8)42-27-15-17-31-32(23-27)40-20-18-30-29-16-14-28(43-45(9,10)37(4,5)6)24-33(29)41-35(34(30)31)25-12-11-13-26(22-25)39-21-19-38/h11-17,22-24,35H,18-21H2,1-10H3/t35-/m0/s1. The maximum Gasteiger partial charge on any atom is 0.250 e. The van der Waals surface area contributed by atoms with Crippen molar-refractivity contribution in [2.45, 2.75) is 90.3 Å². The summed E-state index contributed by atoms with van der Waals surface area (Å²) in [5.74, 6) is 4.25. The Bertz CT molecular complexity index is 1580. The molecule has 3 aromatic rings.